The number of benzene rings is 2. The van der Waals surface area contributed by atoms with Crippen LogP contribution in [0, 0.1) is 17.0 Å². The number of hydrogen-bond donors (Lipinski definition) is 0. The molecule has 0 radical (unpaired) electrons. The summed E-state index contributed by atoms with van der Waals surface area (Å²) < 4.78 is 1.67. The number of nitro groups is 1. The van der Waals surface area contributed by atoms with Gasteiger partial charge in [-0.1, -0.05) is 53.7 Å². The molecule has 0 aliphatic carbocycles. The predicted octanol–water partition coefficient (Wildman–Crippen LogP) is 4.30. The molecule has 0 bridgehead atoms. The number of thioether (sulfide) groups is 1. The van der Waals surface area contributed by atoms with Gasteiger partial charge < -0.3 is 0 Å². The molecule has 0 amide bonds. The van der Waals surface area contributed by atoms with Crippen molar-refractivity contribution in [3.05, 3.63) is 81.9 Å². The summed E-state index contributed by atoms with van der Waals surface area (Å²) in [5, 5.41) is 24.6. The molecule has 0 aliphatic heterocycles. The lowest BCUT2D eigenvalue weighted by atomic mass is 10.1. The normalized spacial score (nSPS) is 11.0. The van der Waals surface area contributed by atoms with Gasteiger partial charge in [-0.05, 0) is 24.6 Å². The Hall–Kier alpha value is -3.26. The molecule has 0 atom stereocenters. The highest BCUT2D eigenvalue weighted by molar-refractivity contribution is 7.98. The van der Waals surface area contributed by atoms with Crippen molar-refractivity contribution < 1.29 is 4.92 Å². The van der Waals surface area contributed by atoms with E-state index in [1.165, 1.54) is 23.3 Å². The quantitative estimate of drug-likeness (QED) is 0.293. The zero-order chi connectivity index (χ0) is 18.8. The van der Waals surface area contributed by atoms with E-state index in [9.17, 15) is 10.1 Å². The highest BCUT2D eigenvalue weighted by Crippen LogP contribution is 2.25. The summed E-state index contributed by atoms with van der Waals surface area (Å²) in [5.41, 5.74) is 4.39. The highest BCUT2D eigenvalue weighted by Gasteiger charge is 2.12. The molecule has 0 unspecified atom stereocenters. The van der Waals surface area contributed by atoms with E-state index in [0.29, 0.717) is 22.1 Å². The molecule has 2 aromatic carbocycles. The third-order valence-electron chi connectivity index (χ3n) is 4.08. The Labute approximate surface area is 159 Å². The lowest BCUT2D eigenvalue weighted by molar-refractivity contribution is -0.384. The molecule has 0 N–H and O–H groups in total. The van der Waals surface area contributed by atoms with Gasteiger partial charge >= 0.3 is 0 Å². The van der Waals surface area contributed by atoms with Gasteiger partial charge in [-0.25, -0.2) is 0 Å². The number of fused-ring (bicyclic) bond motifs is 1. The van der Waals surface area contributed by atoms with Crippen LogP contribution in [0.4, 0.5) is 5.69 Å². The van der Waals surface area contributed by atoms with Gasteiger partial charge in [-0.3, -0.25) is 10.1 Å². The molecule has 0 fully saturated rings. The van der Waals surface area contributed by atoms with Crippen LogP contribution in [-0.4, -0.2) is 24.7 Å². The van der Waals surface area contributed by atoms with Crippen LogP contribution in [-0.2, 0) is 5.75 Å². The van der Waals surface area contributed by atoms with Crippen molar-refractivity contribution in [3.8, 4) is 11.3 Å². The van der Waals surface area contributed by atoms with Gasteiger partial charge in [0, 0.05) is 23.4 Å². The van der Waals surface area contributed by atoms with Crippen molar-refractivity contribution in [2.75, 3.05) is 0 Å². The molecule has 27 heavy (non-hydrogen) atoms. The van der Waals surface area contributed by atoms with E-state index in [-0.39, 0.29) is 5.69 Å². The largest absolute Gasteiger partial charge is 0.270 e. The van der Waals surface area contributed by atoms with E-state index in [2.05, 4.69) is 46.5 Å². The predicted molar refractivity (Wildman–Crippen MR) is 104 cm³/mol. The summed E-state index contributed by atoms with van der Waals surface area (Å²) in [6.07, 6.45) is 0. The van der Waals surface area contributed by atoms with Gasteiger partial charge in [0.1, 0.15) is 0 Å². The average molecular weight is 377 g/mol. The minimum absolute atomic E-state index is 0.0344. The average Bonchev–Trinajstić information content (AvgIpc) is 3.10. The van der Waals surface area contributed by atoms with Crippen LogP contribution in [0.5, 0.6) is 0 Å². The molecule has 134 valence electrons. The minimum Gasteiger partial charge on any atom is -0.258 e. The molecule has 7 nitrogen and oxygen atoms in total. The molecule has 2 aromatic heterocycles. The lowest BCUT2D eigenvalue weighted by Gasteiger charge is -2.04. The maximum atomic E-state index is 11.0. The van der Waals surface area contributed by atoms with Crippen LogP contribution in [0.1, 0.15) is 11.1 Å². The van der Waals surface area contributed by atoms with Crippen molar-refractivity contribution in [2.45, 2.75) is 17.8 Å². The van der Waals surface area contributed by atoms with Crippen molar-refractivity contribution >= 4 is 23.1 Å². The van der Waals surface area contributed by atoms with Crippen molar-refractivity contribution in [3.63, 3.8) is 0 Å². The first-order valence-electron chi connectivity index (χ1n) is 8.26. The van der Waals surface area contributed by atoms with Gasteiger partial charge in [-0.2, -0.15) is 9.61 Å². The summed E-state index contributed by atoms with van der Waals surface area (Å²) in [7, 11) is 0. The van der Waals surface area contributed by atoms with Gasteiger partial charge in [0.2, 0.25) is 5.16 Å². The summed E-state index contributed by atoms with van der Waals surface area (Å²) in [6, 6.07) is 18.4. The topological polar surface area (TPSA) is 86.2 Å². The van der Waals surface area contributed by atoms with Crippen LogP contribution in [0.15, 0.2) is 65.8 Å². The van der Waals surface area contributed by atoms with E-state index in [1.807, 2.05) is 6.07 Å². The van der Waals surface area contributed by atoms with Crippen molar-refractivity contribution in [2.24, 2.45) is 0 Å². The van der Waals surface area contributed by atoms with E-state index >= 15 is 0 Å². The zero-order valence-electron chi connectivity index (χ0n) is 14.4. The number of nitrogens with zero attached hydrogens (tertiary/aromatic N) is 5. The van der Waals surface area contributed by atoms with Gasteiger partial charge in [0.25, 0.3) is 5.69 Å². The third-order valence-corrected chi connectivity index (χ3v) is 5.07. The molecule has 8 heteroatoms. The summed E-state index contributed by atoms with van der Waals surface area (Å²) in [4.78, 5) is 10.6. The van der Waals surface area contributed by atoms with Crippen molar-refractivity contribution in [1.29, 1.82) is 0 Å². The van der Waals surface area contributed by atoms with Crippen LogP contribution in [0.2, 0.25) is 0 Å². The smallest absolute Gasteiger partial charge is 0.258 e. The molecule has 4 rings (SSSR count). The summed E-state index contributed by atoms with van der Waals surface area (Å²) >= 11 is 1.55. The fourth-order valence-electron chi connectivity index (χ4n) is 2.62. The highest BCUT2D eigenvalue weighted by atomic mass is 32.2. The standard InChI is InChI=1S/C19H15N5O2S/c1-13-5-7-14(8-6-13)12-27-19-21-20-18-10-9-17(22-23(18)19)15-3-2-4-16(11-15)24(25)26/h2-11H,12H2,1H3. The SMILES string of the molecule is Cc1ccc(CSc2nnc3ccc(-c4cccc([N+](=O)[O-])c4)nn23)cc1. The number of aromatic nitrogens is 4. The first-order valence-corrected chi connectivity index (χ1v) is 9.24. The Morgan fingerprint density at radius 2 is 1.89 bits per heavy atom. The number of nitro benzene ring substituents is 1. The number of hydrogen-bond acceptors (Lipinski definition) is 6. The Morgan fingerprint density at radius 1 is 1.07 bits per heavy atom. The number of non-ortho nitro benzene ring substituents is 1. The maximum absolute atomic E-state index is 11.0. The monoisotopic (exact) mass is 377 g/mol. The third kappa shape index (κ3) is 3.65. The van der Waals surface area contributed by atoms with Crippen molar-refractivity contribution in [1.82, 2.24) is 19.8 Å². The Bertz CT molecular complexity index is 1120. The Kier molecular flexibility index (Phi) is 4.55. The van der Waals surface area contributed by atoms with E-state index in [0.717, 1.165) is 5.75 Å². The minimum atomic E-state index is -0.413. The molecule has 0 saturated heterocycles. The molecule has 4 aromatic rings. The second-order valence-electron chi connectivity index (χ2n) is 6.05. The van der Waals surface area contributed by atoms with Gasteiger partial charge in [0.15, 0.2) is 5.65 Å². The van der Waals surface area contributed by atoms with E-state index < -0.39 is 4.92 Å². The fraction of sp³-hybridized carbons (Fsp3) is 0.105. The summed E-state index contributed by atoms with van der Waals surface area (Å²) in [5.74, 6) is 0.754. The van der Waals surface area contributed by atoms with Crippen LogP contribution >= 0.6 is 11.8 Å². The van der Waals surface area contributed by atoms with Crippen LogP contribution < -0.4 is 0 Å². The number of rotatable bonds is 5. The second kappa shape index (κ2) is 7.16. The summed E-state index contributed by atoms with van der Waals surface area (Å²) in [6.45, 7) is 2.06. The van der Waals surface area contributed by atoms with Crippen LogP contribution in [0.3, 0.4) is 0 Å². The second-order valence-corrected chi connectivity index (χ2v) is 7.00. The molecule has 2 heterocycles. The van der Waals surface area contributed by atoms with E-state index in [1.54, 1.807) is 34.5 Å². The molecular weight excluding hydrogens is 362 g/mol. The Balaban J connectivity index is 1.64. The molecule has 0 aliphatic rings. The first-order chi connectivity index (χ1) is 13.1. The Morgan fingerprint density at radius 3 is 2.67 bits per heavy atom. The lowest BCUT2D eigenvalue weighted by Crippen LogP contribution is -1.97. The zero-order valence-corrected chi connectivity index (χ0v) is 15.3. The first kappa shape index (κ1) is 17.2. The number of aryl methyl sites for hydroxylation is 1. The van der Waals surface area contributed by atoms with Gasteiger partial charge in [0.05, 0.1) is 10.6 Å². The maximum Gasteiger partial charge on any atom is 0.270 e. The van der Waals surface area contributed by atoms with E-state index in [4.69, 9.17) is 0 Å². The van der Waals surface area contributed by atoms with Gasteiger partial charge in [-0.15, -0.1) is 10.2 Å². The fourth-order valence-corrected chi connectivity index (χ4v) is 3.47. The van der Waals surface area contributed by atoms with Crippen LogP contribution in [0.25, 0.3) is 16.9 Å². The molecular formula is C19H15N5O2S. The molecule has 0 saturated carbocycles. The molecule has 0 spiro atoms.